The first-order valence-electron chi connectivity index (χ1n) is 11.5. The highest BCUT2D eigenvalue weighted by Crippen LogP contribution is 2.36. The highest BCUT2D eigenvalue weighted by Gasteiger charge is 2.29. The van der Waals surface area contributed by atoms with E-state index in [1.165, 1.54) is 0 Å². The molecule has 3 heterocycles. The van der Waals surface area contributed by atoms with Crippen molar-refractivity contribution in [2.45, 2.75) is 65.1 Å². The molecule has 0 atom stereocenters. The van der Waals surface area contributed by atoms with E-state index in [2.05, 4.69) is 15.5 Å². The lowest BCUT2D eigenvalue weighted by molar-refractivity contribution is 0.0186. The number of amides is 1. The van der Waals surface area contributed by atoms with Gasteiger partial charge in [-0.3, -0.25) is 4.68 Å². The summed E-state index contributed by atoms with van der Waals surface area (Å²) in [6, 6.07) is 7.27. The first-order valence-corrected chi connectivity index (χ1v) is 11.9. The molecule has 0 saturated carbocycles. The van der Waals surface area contributed by atoms with Crippen molar-refractivity contribution in [3.63, 3.8) is 0 Å². The van der Waals surface area contributed by atoms with Crippen molar-refractivity contribution in [1.29, 1.82) is 0 Å². The summed E-state index contributed by atoms with van der Waals surface area (Å²) in [6.07, 6.45) is 1.18. The Labute approximate surface area is 204 Å². The number of piperidine rings is 1. The van der Waals surface area contributed by atoms with E-state index in [-0.39, 0.29) is 28.9 Å². The van der Waals surface area contributed by atoms with Crippen LogP contribution in [0.3, 0.4) is 0 Å². The van der Waals surface area contributed by atoms with Crippen molar-refractivity contribution >= 4 is 34.5 Å². The van der Waals surface area contributed by atoms with Crippen molar-refractivity contribution in [3.05, 3.63) is 29.3 Å². The van der Waals surface area contributed by atoms with Gasteiger partial charge in [-0.05, 0) is 65.7 Å². The number of benzene rings is 1. The summed E-state index contributed by atoms with van der Waals surface area (Å²) in [5, 5.41) is 27.7. The van der Waals surface area contributed by atoms with Gasteiger partial charge in [0, 0.05) is 24.7 Å². The van der Waals surface area contributed by atoms with Crippen molar-refractivity contribution < 1.29 is 14.6 Å². The lowest BCUT2D eigenvalue weighted by atomic mass is 10.1. The number of phenolic OH excluding ortho intramolecular Hbond substituents is 1. The number of likely N-dealkylation sites (tertiary alicyclic amines) is 1. The molecule has 1 aliphatic heterocycles. The summed E-state index contributed by atoms with van der Waals surface area (Å²) in [6.45, 7) is 10.8. The number of halogens is 1. The van der Waals surface area contributed by atoms with Gasteiger partial charge >= 0.3 is 6.09 Å². The summed E-state index contributed by atoms with van der Waals surface area (Å²) in [5.74, 6) is 0.629. The van der Waals surface area contributed by atoms with Crippen molar-refractivity contribution in [2.24, 2.45) is 0 Å². The molecule has 1 aliphatic rings. The monoisotopic (exact) mass is 486 g/mol. The Morgan fingerprint density at radius 2 is 1.94 bits per heavy atom. The molecule has 0 spiro atoms. The second-order valence-electron chi connectivity index (χ2n) is 9.89. The quantitative estimate of drug-likeness (QED) is 0.519. The molecular weight excluding hydrogens is 456 g/mol. The number of rotatable bonds is 4. The Morgan fingerprint density at radius 1 is 1.24 bits per heavy atom. The fourth-order valence-corrected chi connectivity index (χ4v) is 4.23. The number of aromatic nitrogens is 4. The van der Waals surface area contributed by atoms with Crippen LogP contribution in [0.25, 0.3) is 22.3 Å². The lowest BCUT2D eigenvalue weighted by Crippen LogP contribution is -2.42. The van der Waals surface area contributed by atoms with Gasteiger partial charge in [-0.2, -0.15) is 5.10 Å². The van der Waals surface area contributed by atoms with Gasteiger partial charge in [0.2, 0.25) is 0 Å². The Balaban J connectivity index is 1.66. The minimum atomic E-state index is -0.523. The molecule has 1 fully saturated rings. The van der Waals surface area contributed by atoms with Gasteiger partial charge in [-0.15, -0.1) is 10.2 Å². The van der Waals surface area contributed by atoms with E-state index in [1.807, 2.05) is 45.4 Å². The molecule has 3 aromatic rings. The third-order valence-corrected chi connectivity index (χ3v) is 5.91. The second kappa shape index (κ2) is 9.29. The van der Waals surface area contributed by atoms with Crippen molar-refractivity contribution in [3.8, 4) is 17.0 Å². The van der Waals surface area contributed by atoms with Gasteiger partial charge in [-0.1, -0.05) is 17.7 Å². The Morgan fingerprint density at radius 3 is 2.59 bits per heavy atom. The highest BCUT2D eigenvalue weighted by atomic mass is 35.5. The van der Waals surface area contributed by atoms with Gasteiger partial charge in [0.1, 0.15) is 11.4 Å². The number of anilines is 1. The zero-order valence-electron chi connectivity index (χ0n) is 20.2. The van der Waals surface area contributed by atoms with Gasteiger partial charge in [0.05, 0.1) is 22.3 Å². The second-order valence-corrected chi connectivity index (χ2v) is 10.3. The minimum absolute atomic E-state index is 0.0323. The maximum atomic E-state index is 12.5. The van der Waals surface area contributed by atoms with Crippen LogP contribution in [0.1, 0.15) is 53.5 Å². The number of ether oxygens (including phenoxy) is 1. The van der Waals surface area contributed by atoms with Crippen LogP contribution in [0, 0.1) is 0 Å². The van der Waals surface area contributed by atoms with E-state index in [0.717, 1.165) is 18.4 Å². The molecule has 4 rings (SSSR count). The Hall–Kier alpha value is -3.07. The molecule has 182 valence electrons. The van der Waals surface area contributed by atoms with Crippen LogP contribution < -0.4 is 5.32 Å². The number of aromatic hydroxyl groups is 1. The largest absolute Gasteiger partial charge is 0.506 e. The van der Waals surface area contributed by atoms with Crippen LogP contribution in [-0.4, -0.2) is 60.8 Å². The lowest BCUT2D eigenvalue weighted by Gasteiger charge is -2.33. The zero-order valence-corrected chi connectivity index (χ0v) is 20.9. The highest BCUT2D eigenvalue weighted by molar-refractivity contribution is 6.32. The van der Waals surface area contributed by atoms with E-state index < -0.39 is 5.60 Å². The molecular formula is C24H31ClN6O3. The number of phenols is 1. The summed E-state index contributed by atoms with van der Waals surface area (Å²) >= 11 is 6.11. The summed E-state index contributed by atoms with van der Waals surface area (Å²) in [7, 11) is 0. The van der Waals surface area contributed by atoms with Crippen LogP contribution in [0.2, 0.25) is 5.02 Å². The normalized spacial score (nSPS) is 15.2. The van der Waals surface area contributed by atoms with Gasteiger partial charge in [0.25, 0.3) is 0 Å². The molecule has 1 amide bonds. The average molecular weight is 487 g/mol. The first kappa shape index (κ1) is 24.1. The molecule has 1 saturated heterocycles. The fraction of sp³-hybridized carbons (Fsp3) is 0.500. The third-order valence-electron chi connectivity index (χ3n) is 5.60. The number of hydrogen-bond donors (Lipinski definition) is 2. The molecule has 2 aromatic heterocycles. The number of hydrogen-bond acceptors (Lipinski definition) is 7. The van der Waals surface area contributed by atoms with Gasteiger partial charge < -0.3 is 20.1 Å². The predicted molar refractivity (Wildman–Crippen MR) is 132 cm³/mol. The number of nitrogens with one attached hydrogen (secondary N) is 1. The van der Waals surface area contributed by atoms with Crippen LogP contribution >= 0.6 is 11.6 Å². The van der Waals surface area contributed by atoms with Gasteiger partial charge in [0.15, 0.2) is 11.3 Å². The number of fused-ring (bicyclic) bond motifs is 1. The van der Waals surface area contributed by atoms with E-state index >= 15 is 0 Å². The Kier molecular flexibility index (Phi) is 6.58. The SMILES string of the molecule is CC(C)Nc1nn(C2CCN(C(=O)OC(C)(C)C)CC2)c2cc(-c3cccc(Cl)c3O)nnc12. The van der Waals surface area contributed by atoms with Crippen LogP contribution in [-0.2, 0) is 4.74 Å². The summed E-state index contributed by atoms with van der Waals surface area (Å²) < 4.78 is 7.49. The minimum Gasteiger partial charge on any atom is -0.506 e. The number of carbonyl (C=O) groups excluding carboxylic acids is 1. The molecule has 0 aliphatic carbocycles. The van der Waals surface area contributed by atoms with Crippen LogP contribution in [0.4, 0.5) is 10.6 Å². The third kappa shape index (κ3) is 5.04. The maximum Gasteiger partial charge on any atom is 0.410 e. The van der Waals surface area contributed by atoms with Crippen LogP contribution in [0.5, 0.6) is 5.75 Å². The molecule has 9 nitrogen and oxygen atoms in total. The molecule has 1 aromatic carbocycles. The molecule has 2 N–H and O–H groups in total. The number of carbonyl (C=O) groups is 1. The molecule has 0 radical (unpaired) electrons. The smallest absolute Gasteiger partial charge is 0.410 e. The van der Waals surface area contributed by atoms with E-state index in [9.17, 15) is 9.90 Å². The molecule has 0 unspecified atom stereocenters. The van der Waals surface area contributed by atoms with Crippen molar-refractivity contribution in [2.75, 3.05) is 18.4 Å². The number of para-hydroxylation sites is 1. The van der Waals surface area contributed by atoms with E-state index in [0.29, 0.717) is 35.7 Å². The zero-order chi connectivity index (χ0) is 24.6. The van der Waals surface area contributed by atoms with E-state index in [4.69, 9.17) is 21.4 Å². The van der Waals surface area contributed by atoms with Crippen molar-refractivity contribution in [1.82, 2.24) is 24.9 Å². The van der Waals surface area contributed by atoms with E-state index in [1.54, 1.807) is 23.1 Å². The maximum absolute atomic E-state index is 12.5. The molecule has 0 bridgehead atoms. The Bertz CT molecular complexity index is 1200. The summed E-state index contributed by atoms with van der Waals surface area (Å²) in [4.78, 5) is 14.2. The summed E-state index contributed by atoms with van der Waals surface area (Å²) in [5.41, 5.74) is 1.96. The average Bonchev–Trinajstić information content (AvgIpc) is 3.11. The fourth-order valence-electron chi connectivity index (χ4n) is 4.06. The molecule has 34 heavy (non-hydrogen) atoms. The number of nitrogens with zero attached hydrogens (tertiary/aromatic N) is 5. The van der Waals surface area contributed by atoms with Gasteiger partial charge in [-0.25, -0.2) is 4.79 Å². The predicted octanol–water partition coefficient (Wildman–Crippen LogP) is 5.24. The first-order chi connectivity index (χ1) is 16.0. The molecule has 10 heteroatoms. The topological polar surface area (TPSA) is 105 Å². The standard InChI is InChI=1S/C24H31ClN6O3/c1-14(2)26-22-20-19(13-18(27-28-20)16-7-6-8-17(25)21(16)32)31(29-22)15-9-11-30(12-10-15)23(33)34-24(3,4)5/h6-8,13-15,32H,9-12H2,1-5H3,(H,26,29). The van der Waals surface area contributed by atoms with Crippen LogP contribution in [0.15, 0.2) is 24.3 Å².